The zero-order valence-corrected chi connectivity index (χ0v) is 14.1. The first kappa shape index (κ1) is 16.8. The highest BCUT2D eigenvalue weighted by molar-refractivity contribution is 5.88. The number of para-hydroxylation sites is 1. The van der Waals surface area contributed by atoms with Gasteiger partial charge in [-0.25, -0.2) is 9.48 Å². The van der Waals surface area contributed by atoms with Gasteiger partial charge < -0.3 is 14.5 Å². The van der Waals surface area contributed by atoms with Crippen LogP contribution in [0.15, 0.2) is 59.1 Å². The van der Waals surface area contributed by atoms with Crippen molar-refractivity contribution in [3.05, 3.63) is 66.2 Å². The van der Waals surface area contributed by atoms with Crippen molar-refractivity contribution in [2.45, 2.75) is 13.0 Å². The Bertz CT molecular complexity index is 826. The van der Waals surface area contributed by atoms with Crippen molar-refractivity contribution in [1.82, 2.24) is 15.1 Å². The molecule has 1 aromatic carbocycles. The normalized spacial score (nSPS) is 11.9. The fourth-order valence-corrected chi connectivity index (χ4v) is 2.43. The zero-order valence-electron chi connectivity index (χ0n) is 14.1. The summed E-state index contributed by atoms with van der Waals surface area (Å²) in [5.74, 6) is 1.87. The average molecular weight is 340 g/mol. The first-order valence-corrected chi connectivity index (χ1v) is 7.89. The molecule has 7 nitrogen and oxygen atoms in total. The smallest absolute Gasteiger partial charge is 0.321 e. The van der Waals surface area contributed by atoms with Gasteiger partial charge >= 0.3 is 6.03 Å². The van der Waals surface area contributed by atoms with Crippen molar-refractivity contribution >= 4 is 11.8 Å². The predicted octanol–water partition coefficient (Wildman–Crippen LogP) is 3.28. The molecule has 0 spiro atoms. The van der Waals surface area contributed by atoms with Gasteiger partial charge in [0, 0.05) is 19.4 Å². The van der Waals surface area contributed by atoms with Crippen LogP contribution in [-0.4, -0.2) is 29.5 Å². The summed E-state index contributed by atoms with van der Waals surface area (Å²) in [6.07, 6.45) is 1.79. The van der Waals surface area contributed by atoms with E-state index in [1.165, 1.54) is 0 Å². The minimum absolute atomic E-state index is 0.304. The lowest BCUT2D eigenvalue weighted by atomic mass is 10.2. The maximum atomic E-state index is 12.3. The number of amides is 2. The molecule has 3 aromatic rings. The van der Waals surface area contributed by atoms with Crippen LogP contribution < -0.4 is 10.6 Å². The molecular formula is C18H20N4O3. The summed E-state index contributed by atoms with van der Waals surface area (Å²) in [5, 5.41) is 9.89. The number of nitrogens with one attached hydrogen (secondary N) is 2. The van der Waals surface area contributed by atoms with E-state index in [4.69, 9.17) is 9.15 Å². The van der Waals surface area contributed by atoms with Crippen LogP contribution in [0.1, 0.15) is 17.6 Å². The van der Waals surface area contributed by atoms with E-state index in [1.54, 1.807) is 24.1 Å². The van der Waals surface area contributed by atoms with E-state index < -0.39 is 0 Å². The number of benzene rings is 1. The molecule has 2 heterocycles. The second-order valence-corrected chi connectivity index (χ2v) is 5.54. The van der Waals surface area contributed by atoms with Crippen LogP contribution in [0.3, 0.4) is 0 Å². The quantitative estimate of drug-likeness (QED) is 0.721. The summed E-state index contributed by atoms with van der Waals surface area (Å²) in [5.41, 5.74) is 0.916. The standard InChI is InChI=1S/C18H20N4O3/c1-13-8-9-16(25-13)15(12-24-2)19-18(23)20-17-10-11-22(21-17)14-6-4-3-5-7-14/h3-11,15H,12H2,1-2H3,(H2,19,20,21,23)/t15-/m0/s1. The Morgan fingerprint density at radius 3 is 2.72 bits per heavy atom. The van der Waals surface area contributed by atoms with Crippen molar-refractivity contribution in [3.63, 3.8) is 0 Å². The highest BCUT2D eigenvalue weighted by Crippen LogP contribution is 2.17. The number of methoxy groups -OCH3 is 1. The SMILES string of the molecule is COC[C@H](NC(=O)Nc1ccn(-c2ccccc2)n1)c1ccc(C)o1. The Morgan fingerprint density at radius 1 is 1.24 bits per heavy atom. The highest BCUT2D eigenvalue weighted by Gasteiger charge is 2.18. The first-order valence-electron chi connectivity index (χ1n) is 7.89. The van der Waals surface area contributed by atoms with Crippen LogP contribution in [0, 0.1) is 6.92 Å². The maximum absolute atomic E-state index is 12.3. The molecule has 130 valence electrons. The van der Waals surface area contributed by atoms with Gasteiger partial charge in [-0.2, -0.15) is 0 Å². The number of ether oxygens (including phenoxy) is 1. The largest absolute Gasteiger partial charge is 0.464 e. The molecule has 1 atom stereocenters. The lowest BCUT2D eigenvalue weighted by Crippen LogP contribution is -2.34. The van der Waals surface area contributed by atoms with Crippen LogP contribution >= 0.6 is 0 Å². The van der Waals surface area contributed by atoms with Gasteiger partial charge in [-0.05, 0) is 31.2 Å². The summed E-state index contributed by atoms with van der Waals surface area (Å²) in [7, 11) is 1.57. The van der Waals surface area contributed by atoms with E-state index in [9.17, 15) is 4.79 Å². The summed E-state index contributed by atoms with van der Waals surface area (Å²) < 4.78 is 12.4. The Balaban J connectivity index is 1.64. The number of aromatic nitrogens is 2. The Hall–Kier alpha value is -3.06. The molecule has 2 amide bonds. The molecule has 7 heteroatoms. The molecule has 0 unspecified atom stereocenters. The highest BCUT2D eigenvalue weighted by atomic mass is 16.5. The number of carbonyl (C=O) groups is 1. The minimum atomic E-state index is -0.380. The van der Waals surface area contributed by atoms with Crippen LogP contribution in [0.4, 0.5) is 10.6 Å². The number of nitrogens with zero attached hydrogens (tertiary/aromatic N) is 2. The van der Waals surface area contributed by atoms with E-state index in [2.05, 4.69) is 15.7 Å². The molecular weight excluding hydrogens is 320 g/mol. The number of furan rings is 1. The molecule has 0 aliphatic carbocycles. The Labute approximate surface area is 145 Å². The topological polar surface area (TPSA) is 81.3 Å². The summed E-state index contributed by atoms with van der Waals surface area (Å²) in [6, 6.07) is 14.3. The Kier molecular flexibility index (Phi) is 5.15. The molecule has 0 aliphatic rings. The molecule has 0 saturated heterocycles. The molecule has 0 saturated carbocycles. The van der Waals surface area contributed by atoms with E-state index in [1.807, 2.05) is 49.4 Å². The summed E-state index contributed by atoms with van der Waals surface area (Å²) in [4.78, 5) is 12.3. The molecule has 2 aromatic heterocycles. The van der Waals surface area contributed by atoms with Gasteiger partial charge in [-0.1, -0.05) is 18.2 Å². The van der Waals surface area contributed by atoms with Crippen LogP contribution in [0.2, 0.25) is 0 Å². The third-order valence-corrected chi connectivity index (χ3v) is 3.59. The van der Waals surface area contributed by atoms with E-state index in [0.717, 1.165) is 11.4 Å². The van der Waals surface area contributed by atoms with E-state index >= 15 is 0 Å². The van der Waals surface area contributed by atoms with Gasteiger partial charge in [0.15, 0.2) is 5.82 Å². The monoisotopic (exact) mass is 340 g/mol. The number of urea groups is 1. The lowest BCUT2D eigenvalue weighted by molar-refractivity contribution is 0.158. The number of aryl methyl sites for hydroxylation is 1. The molecule has 2 N–H and O–H groups in total. The van der Waals surface area contributed by atoms with Gasteiger partial charge in [0.1, 0.15) is 17.6 Å². The zero-order chi connectivity index (χ0) is 17.6. The van der Waals surface area contributed by atoms with Gasteiger partial charge in [0.2, 0.25) is 0 Å². The molecule has 25 heavy (non-hydrogen) atoms. The number of hydrogen-bond acceptors (Lipinski definition) is 4. The van der Waals surface area contributed by atoms with Crippen molar-refractivity contribution in [2.24, 2.45) is 0 Å². The molecule has 0 aliphatic heterocycles. The van der Waals surface area contributed by atoms with Gasteiger partial charge in [-0.3, -0.25) is 5.32 Å². The van der Waals surface area contributed by atoms with Crippen molar-refractivity contribution in [2.75, 3.05) is 19.0 Å². The predicted molar refractivity (Wildman–Crippen MR) is 93.8 cm³/mol. The van der Waals surface area contributed by atoms with Crippen LogP contribution in [0.5, 0.6) is 0 Å². The average Bonchev–Trinajstić information content (AvgIpc) is 3.24. The third-order valence-electron chi connectivity index (χ3n) is 3.59. The molecule has 0 radical (unpaired) electrons. The lowest BCUT2D eigenvalue weighted by Gasteiger charge is -2.15. The van der Waals surface area contributed by atoms with Gasteiger partial charge in [-0.15, -0.1) is 5.10 Å². The van der Waals surface area contributed by atoms with Gasteiger partial charge in [0.05, 0.1) is 12.3 Å². The number of hydrogen-bond donors (Lipinski definition) is 2. The van der Waals surface area contributed by atoms with Crippen molar-refractivity contribution in [3.8, 4) is 5.69 Å². The van der Waals surface area contributed by atoms with Crippen molar-refractivity contribution < 1.29 is 13.9 Å². The molecule has 3 rings (SSSR count). The molecule has 0 fully saturated rings. The summed E-state index contributed by atoms with van der Waals surface area (Å²) >= 11 is 0. The third kappa shape index (κ3) is 4.27. The summed E-state index contributed by atoms with van der Waals surface area (Å²) in [6.45, 7) is 2.16. The fourth-order valence-electron chi connectivity index (χ4n) is 2.43. The van der Waals surface area contributed by atoms with E-state index in [0.29, 0.717) is 18.2 Å². The second kappa shape index (κ2) is 7.67. The maximum Gasteiger partial charge on any atom is 0.321 e. The van der Waals surface area contributed by atoms with Gasteiger partial charge in [0.25, 0.3) is 0 Å². The first-order chi connectivity index (χ1) is 12.2. The molecule has 0 bridgehead atoms. The number of anilines is 1. The van der Waals surface area contributed by atoms with Crippen LogP contribution in [0.25, 0.3) is 5.69 Å². The minimum Gasteiger partial charge on any atom is -0.464 e. The second-order valence-electron chi connectivity index (χ2n) is 5.54. The Morgan fingerprint density at radius 2 is 2.04 bits per heavy atom. The fraction of sp³-hybridized carbons (Fsp3) is 0.222. The van der Waals surface area contributed by atoms with E-state index in [-0.39, 0.29) is 12.1 Å². The van der Waals surface area contributed by atoms with Crippen LogP contribution in [-0.2, 0) is 4.74 Å². The van der Waals surface area contributed by atoms with Crippen molar-refractivity contribution in [1.29, 1.82) is 0 Å². The number of rotatable bonds is 6. The number of carbonyl (C=O) groups excluding carboxylic acids is 1.